The van der Waals surface area contributed by atoms with E-state index in [4.69, 9.17) is 14.6 Å². The van der Waals surface area contributed by atoms with E-state index in [0.29, 0.717) is 25.0 Å². The number of esters is 1. The van der Waals surface area contributed by atoms with E-state index in [9.17, 15) is 4.79 Å². The van der Waals surface area contributed by atoms with Gasteiger partial charge in [-0.3, -0.25) is 14.6 Å². The number of aliphatic hydroxyl groups excluding tert-OH is 1. The molecule has 164 valence electrons. The van der Waals surface area contributed by atoms with Gasteiger partial charge < -0.3 is 14.6 Å². The van der Waals surface area contributed by atoms with Gasteiger partial charge in [0.25, 0.3) is 0 Å². The molecule has 29 heavy (non-hydrogen) atoms. The van der Waals surface area contributed by atoms with Crippen LogP contribution >= 0.6 is 0 Å². The van der Waals surface area contributed by atoms with Crippen LogP contribution in [0.2, 0.25) is 0 Å². The second-order valence-electron chi connectivity index (χ2n) is 9.88. The lowest BCUT2D eigenvalue weighted by Gasteiger charge is -2.50. The van der Waals surface area contributed by atoms with E-state index in [1.165, 1.54) is 18.4 Å². The van der Waals surface area contributed by atoms with E-state index >= 15 is 0 Å². The van der Waals surface area contributed by atoms with Crippen LogP contribution in [0.5, 0.6) is 0 Å². The van der Waals surface area contributed by atoms with E-state index in [1.807, 2.05) is 0 Å². The van der Waals surface area contributed by atoms with Crippen LogP contribution in [-0.2, 0) is 14.3 Å². The lowest BCUT2D eigenvalue weighted by Crippen LogP contribution is -2.50. The number of piperazine rings is 1. The Labute approximate surface area is 175 Å². The Kier molecular flexibility index (Phi) is 6.64. The van der Waals surface area contributed by atoms with Crippen LogP contribution in [0.25, 0.3) is 0 Å². The lowest BCUT2D eigenvalue weighted by atomic mass is 9.55. The number of fused-ring (bicyclic) bond motifs is 2. The van der Waals surface area contributed by atoms with Crippen LogP contribution in [0.4, 0.5) is 0 Å². The number of hydrogen-bond donors (Lipinski definition) is 1. The van der Waals surface area contributed by atoms with Gasteiger partial charge >= 0.3 is 5.97 Å². The molecule has 4 rings (SSSR count). The van der Waals surface area contributed by atoms with Gasteiger partial charge in [0.1, 0.15) is 6.10 Å². The Balaban J connectivity index is 1.30. The molecule has 0 aromatic rings. The third kappa shape index (κ3) is 4.55. The van der Waals surface area contributed by atoms with Gasteiger partial charge in [0, 0.05) is 45.2 Å². The molecule has 4 fully saturated rings. The van der Waals surface area contributed by atoms with Crippen molar-refractivity contribution < 1.29 is 19.4 Å². The van der Waals surface area contributed by atoms with E-state index in [2.05, 4.69) is 23.3 Å². The number of allylic oxidation sites excluding steroid dienone is 1. The highest BCUT2D eigenvalue weighted by Crippen LogP contribution is 2.56. The average Bonchev–Trinajstić information content (AvgIpc) is 2.99. The first-order valence-electron chi connectivity index (χ1n) is 11.5. The molecule has 0 amide bonds. The van der Waals surface area contributed by atoms with E-state index in [1.54, 1.807) is 0 Å². The first kappa shape index (κ1) is 21.3. The summed E-state index contributed by atoms with van der Waals surface area (Å²) >= 11 is 0. The van der Waals surface area contributed by atoms with Crippen molar-refractivity contribution in [2.75, 3.05) is 59.1 Å². The summed E-state index contributed by atoms with van der Waals surface area (Å²) in [5.41, 5.74) is 1.68. The number of carbonyl (C=O) groups is 1. The van der Waals surface area contributed by atoms with Crippen LogP contribution in [0.1, 0.15) is 39.0 Å². The molecule has 0 bridgehead atoms. The second-order valence-corrected chi connectivity index (χ2v) is 9.88. The van der Waals surface area contributed by atoms with Crippen molar-refractivity contribution in [1.29, 1.82) is 0 Å². The smallest absolute Gasteiger partial charge is 0.310 e. The molecule has 0 aromatic carbocycles. The summed E-state index contributed by atoms with van der Waals surface area (Å²) in [6, 6.07) is 0. The molecule has 2 aliphatic carbocycles. The zero-order valence-corrected chi connectivity index (χ0v) is 18.0. The van der Waals surface area contributed by atoms with Crippen LogP contribution in [0, 0.1) is 23.2 Å². The maximum Gasteiger partial charge on any atom is 0.310 e. The molecule has 0 unspecified atom stereocenters. The fraction of sp³-hybridized carbons (Fsp3) is 0.870. The SMILES string of the molecule is C=C1CCC[C@]2(C)C[C@@H]3OC(=O)[C@H](CN4CCN(CCOCCO)CC4)[C@H]3C[C@@H]12. The summed E-state index contributed by atoms with van der Waals surface area (Å²) in [5.74, 6) is 0.983. The summed E-state index contributed by atoms with van der Waals surface area (Å²) in [4.78, 5) is 17.6. The quantitative estimate of drug-likeness (QED) is 0.396. The molecule has 2 saturated heterocycles. The predicted octanol–water partition coefficient (Wildman–Crippen LogP) is 1.93. The Bertz CT molecular complexity index is 604. The Hall–Kier alpha value is -0.950. The van der Waals surface area contributed by atoms with Crippen molar-refractivity contribution in [3.05, 3.63) is 12.2 Å². The zero-order valence-electron chi connectivity index (χ0n) is 18.0. The summed E-state index contributed by atoms with van der Waals surface area (Å²) in [6.45, 7) is 13.7. The Morgan fingerprint density at radius 3 is 2.76 bits per heavy atom. The van der Waals surface area contributed by atoms with Gasteiger partial charge in [-0.15, -0.1) is 0 Å². The fourth-order valence-electron chi connectivity index (χ4n) is 6.30. The highest BCUT2D eigenvalue weighted by Gasteiger charge is 2.55. The minimum atomic E-state index is 0.0266. The number of ether oxygens (including phenoxy) is 2. The third-order valence-corrected chi connectivity index (χ3v) is 8.03. The van der Waals surface area contributed by atoms with Gasteiger partial charge in [-0.2, -0.15) is 0 Å². The van der Waals surface area contributed by atoms with Gasteiger partial charge in [0.15, 0.2) is 0 Å². The van der Waals surface area contributed by atoms with Gasteiger partial charge in [-0.05, 0) is 43.4 Å². The zero-order chi connectivity index (χ0) is 20.4. The van der Waals surface area contributed by atoms with Gasteiger partial charge in [0.05, 0.1) is 25.7 Å². The summed E-state index contributed by atoms with van der Waals surface area (Å²) < 4.78 is 11.3. The molecule has 4 aliphatic rings. The number of aliphatic hydroxyl groups is 1. The number of rotatable bonds is 7. The van der Waals surface area contributed by atoms with Crippen LogP contribution in [-0.4, -0.2) is 86.1 Å². The average molecular weight is 407 g/mol. The number of nitrogens with zero attached hydrogens (tertiary/aromatic N) is 2. The molecule has 2 heterocycles. The second kappa shape index (κ2) is 9.04. The largest absolute Gasteiger partial charge is 0.462 e. The van der Waals surface area contributed by atoms with Crippen molar-refractivity contribution in [3.8, 4) is 0 Å². The number of hydrogen-bond acceptors (Lipinski definition) is 6. The Morgan fingerprint density at radius 2 is 2.00 bits per heavy atom. The van der Waals surface area contributed by atoms with Crippen molar-refractivity contribution in [3.63, 3.8) is 0 Å². The molecule has 6 heteroatoms. The normalized spacial score (nSPS) is 38.6. The monoisotopic (exact) mass is 406 g/mol. The number of carbonyl (C=O) groups excluding carboxylic acids is 1. The van der Waals surface area contributed by atoms with Crippen LogP contribution in [0.3, 0.4) is 0 Å². The molecule has 6 nitrogen and oxygen atoms in total. The molecule has 5 atom stereocenters. The molecule has 0 spiro atoms. The Morgan fingerprint density at radius 1 is 1.24 bits per heavy atom. The van der Waals surface area contributed by atoms with Gasteiger partial charge in [-0.25, -0.2) is 0 Å². The highest BCUT2D eigenvalue weighted by molar-refractivity contribution is 5.75. The van der Waals surface area contributed by atoms with Crippen molar-refractivity contribution in [1.82, 2.24) is 9.80 Å². The lowest BCUT2D eigenvalue weighted by molar-refractivity contribution is -0.146. The molecular weight excluding hydrogens is 368 g/mol. The van der Waals surface area contributed by atoms with Crippen LogP contribution < -0.4 is 0 Å². The van der Waals surface area contributed by atoms with Gasteiger partial charge in [-0.1, -0.05) is 19.1 Å². The predicted molar refractivity (Wildman–Crippen MR) is 111 cm³/mol. The third-order valence-electron chi connectivity index (χ3n) is 8.03. The standard InChI is InChI=1S/C23H38N2O4/c1-17-4-3-5-23(2)15-21-18(14-20(17)23)19(22(27)29-21)16-25-8-6-24(7-9-25)10-12-28-13-11-26/h18-21,26H,1,3-16H2,2H3/t18-,19-,20+,21+,23-/m1/s1. The molecule has 1 N–H and O–H groups in total. The molecular formula is C23H38N2O4. The topological polar surface area (TPSA) is 62.2 Å². The van der Waals surface area contributed by atoms with E-state index in [-0.39, 0.29) is 30.0 Å². The highest BCUT2D eigenvalue weighted by atomic mass is 16.6. The summed E-state index contributed by atoms with van der Waals surface area (Å²) in [7, 11) is 0. The minimum Gasteiger partial charge on any atom is -0.462 e. The molecule has 0 radical (unpaired) electrons. The van der Waals surface area contributed by atoms with Gasteiger partial charge in [0.2, 0.25) is 0 Å². The maximum absolute atomic E-state index is 12.8. The molecule has 2 saturated carbocycles. The van der Waals surface area contributed by atoms with Crippen molar-refractivity contribution in [2.45, 2.75) is 45.1 Å². The fourth-order valence-corrected chi connectivity index (χ4v) is 6.30. The molecule has 0 aromatic heterocycles. The van der Waals surface area contributed by atoms with E-state index < -0.39 is 0 Å². The van der Waals surface area contributed by atoms with Crippen molar-refractivity contribution >= 4 is 5.97 Å². The summed E-state index contributed by atoms with van der Waals surface area (Å²) in [5, 5.41) is 8.78. The van der Waals surface area contributed by atoms with Crippen molar-refractivity contribution in [2.24, 2.45) is 23.2 Å². The van der Waals surface area contributed by atoms with E-state index in [0.717, 1.165) is 58.5 Å². The first-order valence-corrected chi connectivity index (χ1v) is 11.5. The summed E-state index contributed by atoms with van der Waals surface area (Å²) in [6.07, 6.45) is 5.84. The molecule has 2 aliphatic heterocycles. The van der Waals surface area contributed by atoms with Crippen LogP contribution in [0.15, 0.2) is 12.2 Å². The maximum atomic E-state index is 12.8. The minimum absolute atomic E-state index is 0.0266. The first-order chi connectivity index (χ1) is 14.0.